The molecular weight excluding hydrogens is 286 g/mol. The van der Waals surface area contributed by atoms with Gasteiger partial charge in [0.1, 0.15) is 5.75 Å². The fourth-order valence-corrected chi connectivity index (χ4v) is 3.23. The minimum Gasteiger partial charge on any atom is -0.493 e. The lowest BCUT2D eigenvalue weighted by molar-refractivity contribution is 0.277. The summed E-state index contributed by atoms with van der Waals surface area (Å²) in [6, 6.07) is 3.91. The molecule has 1 aromatic carbocycles. The number of hydrogen-bond acceptors (Lipinski definition) is 2. The second-order valence-corrected chi connectivity index (χ2v) is 6.43. The summed E-state index contributed by atoms with van der Waals surface area (Å²) in [6.07, 6.45) is 3.30. The quantitative estimate of drug-likeness (QED) is 0.675. The van der Waals surface area contributed by atoms with E-state index < -0.39 is 0 Å². The van der Waals surface area contributed by atoms with Gasteiger partial charge in [-0.1, -0.05) is 18.5 Å². The molecule has 1 aromatic rings. The Morgan fingerprint density at radius 1 is 1.43 bits per heavy atom. The summed E-state index contributed by atoms with van der Waals surface area (Å²) in [4.78, 5) is 6.72. The molecule has 21 heavy (non-hydrogen) atoms. The van der Waals surface area contributed by atoms with Gasteiger partial charge in [-0.15, -0.1) is 0 Å². The minimum absolute atomic E-state index is 0.529. The Balaban J connectivity index is 1.71. The molecule has 2 N–H and O–H groups in total. The SMILES string of the molecule is CC1CCN(C(N)=NCc2cc(Cl)cc3c2OCC3)CC1. The van der Waals surface area contributed by atoms with Crippen LogP contribution >= 0.6 is 11.6 Å². The monoisotopic (exact) mass is 307 g/mol. The van der Waals surface area contributed by atoms with Gasteiger partial charge in [-0.25, -0.2) is 4.99 Å². The van der Waals surface area contributed by atoms with Crippen molar-refractivity contribution in [1.29, 1.82) is 0 Å². The van der Waals surface area contributed by atoms with Gasteiger partial charge in [-0.2, -0.15) is 0 Å². The van der Waals surface area contributed by atoms with Crippen LogP contribution in [0.2, 0.25) is 5.02 Å². The molecule has 0 unspecified atom stereocenters. The second kappa shape index (κ2) is 6.14. The van der Waals surface area contributed by atoms with Gasteiger partial charge >= 0.3 is 0 Å². The molecule has 1 fully saturated rings. The molecule has 3 rings (SSSR count). The Morgan fingerprint density at radius 2 is 2.19 bits per heavy atom. The number of ether oxygens (including phenoxy) is 1. The van der Waals surface area contributed by atoms with Crippen molar-refractivity contribution < 1.29 is 4.74 Å². The Bertz CT molecular complexity index is 551. The van der Waals surface area contributed by atoms with E-state index in [1.54, 1.807) is 0 Å². The Morgan fingerprint density at radius 3 is 2.95 bits per heavy atom. The highest BCUT2D eigenvalue weighted by molar-refractivity contribution is 6.30. The van der Waals surface area contributed by atoms with Crippen LogP contribution in [0.15, 0.2) is 17.1 Å². The Kier molecular flexibility index (Phi) is 4.24. The lowest BCUT2D eigenvalue weighted by Gasteiger charge is -2.31. The lowest BCUT2D eigenvalue weighted by atomic mass is 10.00. The maximum absolute atomic E-state index is 6.16. The highest BCUT2D eigenvalue weighted by Crippen LogP contribution is 2.33. The number of benzene rings is 1. The van der Waals surface area contributed by atoms with Crippen molar-refractivity contribution in [3.05, 3.63) is 28.3 Å². The number of fused-ring (bicyclic) bond motifs is 1. The van der Waals surface area contributed by atoms with E-state index >= 15 is 0 Å². The van der Waals surface area contributed by atoms with Crippen LogP contribution in [0.4, 0.5) is 0 Å². The lowest BCUT2D eigenvalue weighted by Crippen LogP contribution is -2.42. The summed E-state index contributed by atoms with van der Waals surface area (Å²) in [7, 11) is 0. The van der Waals surface area contributed by atoms with Crippen molar-refractivity contribution in [2.45, 2.75) is 32.7 Å². The normalized spacial score (nSPS) is 19.5. The largest absolute Gasteiger partial charge is 0.493 e. The Labute approximate surface area is 130 Å². The first kappa shape index (κ1) is 14.5. The van der Waals surface area contributed by atoms with Gasteiger partial charge in [0, 0.05) is 30.1 Å². The van der Waals surface area contributed by atoms with Gasteiger partial charge in [-0.05, 0) is 36.5 Å². The average Bonchev–Trinajstić information content (AvgIpc) is 2.93. The highest BCUT2D eigenvalue weighted by Gasteiger charge is 2.19. The smallest absolute Gasteiger partial charge is 0.191 e. The second-order valence-electron chi connectivity index (χ2n) is 6.00. The fourth-order valence-electron chi connectivity index (χ4n) is 2.97. The molecule has 0 saturated carbocycles. The van der Waals surface area contributed by atoms with Crippen molar-refractivity contribution in [3.8, 4) is 5.75 Å². The zero-order valence-electron chi connectivity index (χ0n) is 12.4. The van der Waals surface area contributed by atoms with Crippen LogP contribution < -0.4 is 10.5 Å². The number of nitrogens with two attached hydrogens (primary N) is 1. The van der Waals surface area contributed by atoms with Crippen molar-refractivity contribution in [3.63, 3.8) is 0 Å². The molecular formula is C16H22ClN3O. The zero-order chi connectivity index (χ0) is 14.8. The molecule has 2 heterocycles. The summed E-state index contributed by atoms with van der Waals surface area (Å²) in [5.74, 6) is 2.37. The summed E-state index contributed by atoms with van der Waals surface area (Å²) >= 11 is 6.16. The van der Waals surface area contributed by atoms with E-state index in [4.69, 9.17) is 22.1 Å². The van der Waals surface area contributed by atoms with Crippen molar-refractivity contribution >= 4 is 17.6 Å². The fraction of sp³-hybridized carbons (Fsp3) is 0.562. The van der Waals surface area contributed by atoms with Crippen LogP contribution in [0, 0.1) is 5.92 Å². The third kappa shape index (κ3) is 3.26. The van der Waals surface area contributed by atoms with Gasteiger partial charge in [0.25, 0.3) is 0 Å². The molecule has 0 spiro atoms. The maximum atomic E-state index is 6.16. The molecule has 0 bridgehead atoms. The summed E-state index contributed by atoms with van der Waals surface area (Å²) in [5, 5.41) is 0.745. The van der Waals surface area contributed by atoms with E-state index in [-0.39, 0.29) is 0 Å². The number of piperidine rings is 1. The topological polar surface area (TPSA) is 50.8 Å². The van der Waals surface area contributed by atoms with Crippen molar-refractivity contribution in [2.24, 2.45) is 16.6 Å². The number of guanidine groups is 1. The van der Waals surface area contributed by atoms with Crippen molar-refractivity contribution in [2.75, 3.05) is 19.7 Å². The number of aliphatic imine (C=N–C) groups is 1. The van der Waals surface area contributed by atoms with Gasteiger partial charge in [0.05, 0.1) is 13.2 Å². The first-order chi connectivity index (χ1) is 10.1. The van der Waals surface area contributed by atoms with E-state index in [1.807, 2.05) is 12.1 Å². The zero-order valence-corrected chi connectivity index (χ0v) is 13.2. The molecule has 2 aliphatic rings. The standard InChI is InChI=1S/C16H22ClN3O/c1-11-2-5-20(6-3-11)16(18)19-10-13-9-14(17)8-12-4-7-21-15(12)13/h8-9,11H,2-7,10H2,1H3,(H2,18,19). The highest BCUT2D eigenvalue weighted by atomic mass is 35.5. The average molecular weight is 308 g/mol. The van der Waals surface area contributed by atoms with Gasteiger partial charge in [-0.3, -0.25) is 0 Å². The molecule has 1 saturated heterocycles. The first-order valence-corrected chi connectivity index (χ1v) is 8.00. The summed E-state index contributed by atoms with van der Waals surface area (Å²) < 4.78 is 5.69. The molecule has 0 aromatic heterocycles. The van der Waals surface area contributed by atoms with E-state index in [0.29, 0.717) is 12.5 Å². The molecule has 2 aliphatic heterocycles. The van der Waals surface area contributed by atoms with Crippen LogP contribution in [-0.4, -0.2) is 30.6 Å². The predicted molar refractivity (Wildman–Crippen MR) is 85.9 cm³/mol. The van der Waals surface area contributed by atoms with Crippen LogP contribution in [0.1, 0.15) is 30.9 Å². The predicted octanol–water partition coefficient (Wildman–Crippen LogP) is 2.82. The van der Waals surface area contributed by atoms with E-state index in [1.165, 1.54) is 18.4 Å². The molecule has 4 nitrogen and oxygen atoms in total. The van der Waals surface area contributed by atoms with Crippen LogP contribution in [0.3, 0.4) is 0 Å². The van der Waals surface area contributed by atoms with Crippen LogP contribution in [0.25, 0.3) is 0 Å². The third-order valence-corrected chi connectivity index (χ3v) is 4.56. The minimum atomic E-state index is 0.529. The summed E-state index contributed by atoms with van der Waals surface area (Å²) in [6.45, 7) is 5.55. The Hall–Kier alpha value is -1.42. The number of nitrogens with zero attached hydrogens (tertiary/aromatic N) is 2. The number of hydrogen-bond donors (Lipinski definition) is 1. The van der Waals surface area contributed by atoms with Gasteiger partial charge < -0.3 is 15.4 Å². The molecule has 0 atom stereocenters. The molecule has 5 heteroatoms. The van der Waals surface area contributed by atoms with Gasteiger partial charge in [0.2, 0.25) is 0 Å². The molecule has 114 valence electrons. The molecule has 0 amide bonds. The van der Waals surface area contributed by atoms with E-state index in [2.05, 4.69) is 16.8 Å². The number of rotatable bonds is 2. The number of likely N-dealkylation sites (tertiary alicyclic amines) is 1. The molecule has 0 aliphatic carbocycles. The van der Waals surface area contributed by atoms with Crippen LogP contribution in [-0.2, 0) is 13.0 Å². The van der Waals surface area contributed by atoms with Crippen LogP contribution in [0.5, 0.6) is 5.75 Å². The molecule has 0 radical (unpaired) electrons. The third-order valence-electron chi connectivity index (χ3n) is 4.34. The van der Waals surface area contributed by atoms with Gasteiger partial charge in [0.15, 0.2) is 5.96 Å². The van der Waals surface area contributed by atoms with Crippen molar-refractivity contribution in [1.82, 2.24) is 4.90 Å². The summed E-state index contributed by atoms with van der Waals surface area (Å²) in [5.41, 5.74) is 8.34. The maximum Gasteiger partial charge on any atom is 0.191 e. The van der Waals surface area contributed by atoms with E-state index in [9.17, 15) is 0 Å². The van der Waals surface area contributed by atoms with E-state index in [0.717, 1.165) is 48.4 Å². The number of halogens is 1. The first-order valence-electron chi connectivity index (χ1n) is 7.62.